The van der Waals surface area contributed by atoms with Gasteiger partial charge >= 0.3 is 0 Å². The molecule has 2 atom stereocenters. The van der Waals surface area contributed by atoms with Gasteiger partial charge in [-0.2, -0.15) is 0 Å². The molecular weight excluding hydrogens is 222 g/mol. The highest BCUT2D eigenvalue weighted by Gasteiger charge is 2.28. The molecule has 2 heteroatoms. The molecule has 0 amide bonds. The van der Waals surface area contributed by atoms with E-state index in [1.807, 2.05) is 0 Å². The molecule has 17 heavy (non-hydrogen) atoms. The Kier molecular flexibility index (Phi) is 3.68. The Morgan fingerprint density at radius 2 is 1.65 bits per heavy atom. The summed E-state index contributed by atoms with van der Waals surface area (Å²) < 4.78 is 0. The maximum absolute atomic E-state index is 2.36. The Balaban J connectivity index is 2.42. The fourth-order valence-corrected chi connectivity index (χ4v) is 4.71. The number of allylic oxidation sites excluding steroid dienone is 4. The van der Waals surface area contributed by atoms with Crippen molar-refractivity contribution in [2.45, 2.75) is 40.2 Å². The van der Waals surface area contributed by atoms with E-state index in [1.54, 1.807) is 16.2 Å². The molecule has 0 aliphatic heterocycles. The van der Waals surface area contributed by atoms with Crippen molar-refractivity contribution >= 4 is 14.9 Å². The first-order valence-corrected chi connectivity index (χ1v) is 7.53. The molecule has 90 valence electrons. The predicted octanol–water partition coefficient (Wildman–Crippen LogP) is 4.76. The Morgan fingerprint density at radius 1 is 1.06 bits per heavy atom. The summed E-state index contributed by atoms with van der Waals surface area (Å²) in [5, 5.41) is 3.30. The first kappa shape index (κ1) is 12.8. The molecular formula is C15H22BP. The van der Waals surface area contributed by atoms with E-state index in [4.69, 9.17) is 0 Å². The summed E-state index contributed by atoms with van der Waals surface area (Å²) in [6.45, 7) is 12.3. The second kappa shape index (κ2) is 4.90. The predicted molar refractivity (Wildman–Crippen MR) is 82.1 cm³/mol. The summed E-state index contributed by atoms with van der Waals surface area (Å²) in [6.07, 6.45) is 9.11. The summed E-state index contributed by atoms with van der Waals surface area (Å²) in [5.41, 5.74) is 3.10. The minimum absolute atomic E-state index is 0.617. The highest BCUT2D eigenvalue weighted by Crippen LogP contribution is 2.42. The van der Waals surface area contributed by atoms with Crippen LogP contribution in [0.5, 0.6) is 0 Å². The van der Waals surface area contributed by atoms with Gasteiger partial charge in [0.15, 0.2) is 0 Å². The van der Waals surface area contributed by atoms with Crippen LogP contribution in [-0.4, -0.2) is 6.71 Å². The van der Waals surface area contributed by atoms with E-state index < -0.39 is 0 Å². The van der Waals surface area contributed by atoms with Gasteiger partial charge in [0.25, 0.3) is 0 Å². The molecule has 2 unspecified atom stereocenters. The standard InChI is InChI=1S/C15H22BP/c1-10-11(2)15(17-12(10)3)14(16(4)5)13-8-6-7-9-13/h6-9,13-14,17H,1-5H3. The van der Waals surface area contributed by atoms with Gasteiger partial charge in [-0.05, 0) is 54.2 Å². The summed E-state index contributed by atoms with van der Waals surface area (Å²) >= 11 is 0. The average molecular weight is 244 g/mol. The Morgan fingerprint density at radius 3 is 2.06 bits per heavy atom. The molecule has 2 rings (SSSR count). The van der Waals surface area contributed by atoms with Crippen molar-refractivity contribution in [1.82, 2.24) is 0 Å². The molecule has 1 aromatic rings. The van der Waals surface area contributed by atoms with Crippen molar-refractivity contribution in [3.05, 3.63) is 46.0 Å². The molecule has 1 aromatic heterocycles. The SMILES string of the molecule is CB(C)C(c1[pH]c(C)c(C)c1C)C1C=CC=C1. The van der Waals surface area contributed by atoms with E-state index in [2.05, 4.69) is 58.7 Å². The van der Waals surface area contributed by atoms with Crippen LogP contribution in [0.25, 0.3) is 0 Å². The van der Waals surface area contributed by atoms with Crippen LogP contribution < -0.4 is 0 Å². The topological polar surface area (TPSA) is 0 Å². The molecule has 0 radical (unpaired) electrons. The quantitative estimate of drug-likeness (QED) is 0.672. The maximum Gasteiger partial charge on any atom is 0.143 e. The maximum atomic E-state index is 2.36. The van der Waals surface area contributed by atoms with Crippen LogP contribution in [-0.2, 0) is 0 Å². The van der Waals surface area contributed by atoms with E-state index >= 15 is 0 Å². The summed E-state index contributed by atoms with van der Waals surface area (Å²) in [5.74, 6) is 1.31. The van der Waals surface area contributed by atoms with Crippen molar-refractivity contribution in [3.63, 3.8) is 0 Å². The third-order valence-electron chi connectivity index (χ3n) is 4.10. The summed E-state index contributed by atoms with van der Waals surface area (Å²) in [7, 11) is 0.925. The normalized spacial score (nSPS) is 17.2. The number of aryl methyl sites for hydroxylation is 1. The van der Waals surface area contributed by atoms with E-state index in [9.17, 15) is 0 Å². The highest BCUT2D eigenvalue weighted by molar-refractivity contribution is 7.32. The Hall–Kier alpha value is -0.675. The first-order chi connectivity index (χ1) is 8.02. The van der Waals surface area contributed by atoms with Crippen LogP contribution in [0.2, 0.25) is 13.6 Å². The van der Waals surface area contributed by atoms with Gasteiger partial charge in [0, 0.05) is 0 Å². The average Bonchev–Trinajstić information content (AvgIpc) is 2.85. The van der Waals surface area contributed by atoms with Crippen molar-refractivity contribution in [3.8, 4) is 0 Å². The van der Waals surface area contributed by atoms with E-state index in [-0.39, 0.29) is 0 Å². The third-order valence-corrected chi connectivity index (χ3v) is 5.82. The molecule has 0 bridgehead atoms. The molecule has 0 fully saturated rings. The van der Waals surface area contributed by atoms with Gasteiger partial charge in [-0.1, -0.05) is 38.0 Å². The molecule has 1 aliphatic carbocycles. The number of hydrogen-bond donors (Lipinski definition) is 0. The minimum atomic E-state index is 0.617. The molecule has 0 aromatic carbocycles. The Labute approximate surface area is 107 Å². The van der Waals surface area contributed by atoms with Crippen LogP contribution in [0.1, 0.15) is 27.5 Å². The molecule has 0 N–H and O–H groups in total. The largest absolute Gasteiger partial charge is 0.143 e. The lowest BCUT2D eigenvalue weighted by Gasteiger charge is -2.24. The fraction of sp³-hybridized carbons (Fsp3) is 0.467. The molecule has 0 spiro atoms. The van der Waals surface area contributed by atoms with E-state index in [0.29, 0.717) is 18.4 Å². The van der Waals surface area contributed by atoms with Crippen LogP contribution in [0.15, 0.2) is 24.3 Å². The monoisotopic (exact) mass is 244 g/mol. The second-order valence-electron chi connectivity index (χ2n) is 5.53. The van der Waals surface area contributed by atoms with Gasteiger partial charge < -0.3 is 0 Å². The lowest BCUT2D eigenvalue weighted by Crippen LogP contribution is -2.21. The lowest BCUT2D eigenvalue weighted by molar-refractivity contribution is 0.772. The summed E-state index contributed by atoms with van der Waals surface area (Å²) in [6, 6.07) is 0. The van der Waals surface area contributed by atoms with Crippen molar-refractivity contribution in [2.75, 3.05) is 0 Å². The zero-order valence-corrected chi connectivity index (χ0v) is 12.5. The van der Waals surface area contributed by atoms with Gasteiger partial charge in [-0.25, -0.2) is 0 Å². The van der Waals surface area contributed by atoms with E-state index in [1.165, 1.54) is 5.56 Å². The second-order valence-corrected chi connectivity index (χ2v) is 7.07. The number of hydrogen-bond acceptors (Lipinski definition) is 0. The van der Waals surface area contributed by atoms with Crippen LogP contribution in [0.3, 0.4) is 0 Å². The van der Waals surface area contributed by atoms with Crippen LogP contribution >= 0.6 is 8.19 Å². The van der Waals surface area contributed by atoms with Gasteiger partial charge in [0.05, 0.1) is 0 Å². The van der Waals surface area contributed by atoms with Crippen molar-refractivity contribution < 1.29 is 0 Å². The van der Waals surface area contributed by atoms with Crippen molar-refractivity contribution in [2.24, 2.45) is 5.92 Å². The molecule has 1 aliphatic rings. The lowest BCUT2D eigenvalue weighted by atomic mass is 9.41. The highest BCUT2D eigenvalue weighted by atomic mass is 31.0. The Bertz CT molecular complexity index is 454. The molecule has 0 saturated heterocycles. The molecule has 0 nitrogen and oxygen atoms in total. The van der Waals surface area contributed by atoms with Gasteiger partial charge in [0.2, 0.25) is 0 Å². The van der Waals surface area contributed by atoms with Gasteiger partial charge in [0.1, 0.15) is 6.71 Å². The van der Waals surface area contributed by atoms with Crippen molar-refractivity contribution in [1.29, 1.82) is 0 Å². The smallest absolute Gasteiger partial charge is 0.133 e. The molecule has 0 saturated carbocycles. The van der Waals surface area contributed by atoms with Crippen LogP contribution in [0.4, 0.5) is 0 Å². The van der Waals surface area contributed by atoms with Crippen LogP contribution in [0, 0.1) is 26.7 Å². The minimum Gasteiger partial charge on any atom is -0.133 e. The fourth-order valence-electron chi connectivity index (χ4n) is 2.86. The van der Waals surface area contributed by atoms with Gasteiger partial charge in [-0.3, -0.25) is 0 Å². The van der Waals surface area contributed by atoms with Gasteiger partial charge in [-0.15, -0.1) is 8.19 Å². The molecule has 1 heterocycles. The zero-order valence-electron chi connectivity index (χ0n) is 11.5. The zero-order chi connectivity index (χ0) is 12.6. The van der Waals surface area contributed by atoms with E-state index in [0.717, 1.165) is 8.19 Å². The number of rotatable bonds is 3. The first-order valence-electron chi connectivity index (χ1n) is 6.53. The third kappa shape index (κ3) is 2.31. The summed E-state index contributed by atoms with van der Waals surface area (Å²) in [4.78, 5) is 0.